The third-order valence-electron chi connectivity index (χ3n) is 4.13. The summed E-state index contributed by atoms with van der Waals surface area (Å²) in [6.07, 6.45) is 5.43. The minimum Gasteiger partial charge on any atom is -0.354 e. The van der Waals surface area contributed by atoms with Crippen LogP contribution in [0.2, 0.25) is 0 Å². The number of rotatable bonds is 4. The van der Waals surface area contributed by atoms with Crippen LogP contribution in [-0.4, -0.2) is 38.8 Å². The molecule has 1 fully saturated rings. The summed E-state index contributed by atoms with van der Waals surface area (Å²) in [5, 5.41) is 11.3. The van der Waals surface area contributed by atoms with Gasteiger partial charge in [-0.3, -0.25) is 5.10 Å². The summed E-state index contributed by atoms with van der Waals surface area (Å²) in [7, 11) is 0. The Balaban J connectivity index is 2.10. The smallest absolute Gasteiger partial charge is 0.226 e. The molecule has 6 nitrogen and oxygen atoms in total. The number of aromatic nitrogens is 4. The molecule has 108 valence electrons. The zero-order valence-electron chi connectivity index (χ0n) is 12.3. The summed E-state index contributed by atoms with van der Waals surface area (Å²) >= 11 is 0. The van der Waals surface area contributed by atoms with E-state index in [-0.39, 0.29) is 0 Å². The minimum atomic E-state index is 0.516. The van der Waals surface area contributed by atoms with E-state index in [9.17, 15) is 0 Å². The van der Waals surface area contributed by atoms with E-state index < -0.39 is 0 Å². The molecular weight excluding hydrogens is 252 g/mol. The molecule has 0 spiro atoms. The Morgan fingerprint density at radius 1 is 1.35 bits per heavy atom. The van der Waals surface area contributed by atoms with Gasteiger partial charge in [0.25, 0.3) is 0 Å². The molecule has 0 aliphatic carbocycles. The number of fused-ring (bicyclic) bond motifs is 1. The SMILES string of the molecule is CCNc1nc(N2C(C)CCC2CC)c2cn[nH]c2n1. The monoisotopic (exact) mass is 274 g/mol. The van der Waals surface area contributed by atoms with Crippen LogP contribution >= 0.6 is 0 Å². The average molecular weight is 274 g/mol. The second kappa shape index (κ2) is 5.26. The van der Waals surface area contributed by atoms with Gasteiger partial charge in [0.1, 0.15) is 5.82 Å². The summed E-state index contributed by atoms with van der Waals surface area (Å²) in [5.74, 6) is 1.68. The molecule has 0 bridgehead atoms. The highest BCUT2D eigenvalue weighted by Gasteiger charge is 2.32. The van der Waals surface area contributed by atoms with Gasteiger partial charge >= 0.3 is 0 Å². The topological polar surface area (TPSA) is 69.7 Å². The van der Waals surface area contributed by atoms with Crippen LogP contribution in [0.1, 0.15) is 40.0 Å². The van der Waals surface area contributed by atoms with Gasteiger partial charge in [0.15, 0.2) is 5.65 Å². The predicted octanol–water partition coefficient (Wildman–Crippen LogP) is 2.55. The Bertz CT molecular complexity index is 592. The van der Waals surface area contributed by atoms with E-state index in [0.29, 0.717) is 18.0 Å². The lowest BCUT2D eigenvalue weighted by atomic mass is 10.1. The van der Waals surface area contributed by atoms with Gasteiger partial charge in [-0.2, -0.15) is 15.1 Å². The number of hydrogen-bond donors (Lipinski definition) is 2. The van der Waals surface area contributed by atoms with Crippen LogP contribution in [0, 0.1) is 0 Å². The molecule has 1 aliphatic rings. The molecule has 3 heterocycles. The van der Waals surface area contributed by atoms with Crippen LogP contribution in [0.3, 0.4) is 0 Å². The number of nitrogens with zero attached hydrogens (tertiary/aromatic N) is 4. The standard InChI is InChI=1S/C14H22N6/c1-4-10-7-6-9(3)20(10)13-11-8-16-19-12(11)17-14(18-13)15-5-2/h8-10H,4-7H2,1-3H3,(H2,15,16,17,18,19). The summed E-state index contributed by atoms with van der Waals surface area (Å²) in [6, 6.07) is 1.08. The van der Waals surface area contributed by atoms with Crippen LogP contribution in [0.25, 0.3) is 11.0 Å². The molecule has 2 atom stereocenters. The van der Waals surface area contributed by atoms with Crippen molar-refractivity contribution in [1.29, 1.82) is 0 Å². The highest BCUT2D eigenvalue weighted by atomic mass is 15.3. The molecule has 1 saturated heterocycles. The zero-order chi connectivity index (χ0) is 14.1. The van der Waals surface area contributed by atoms with Crippen molar-refractivity contribution in [3.05, 3.63) is 6.20 Å². The van der Waals surface area contributed by atoms with Crippen LogP contribution in [-0.2, 0) is 0 Å². The van der Waals surface area contributed by atoms with E-state index in [4.69, 9.17) is 4.98 Å². The maximum Gasteiger partial charge on any atom is 0.226 e. The molecule has 20 heavy (non-hydrogen) atoms. The minimum absolute atomic E-state index is 0.516. The predicted molar refractivity (Wildman–Crippen MR) is 81.1 cm³/mol. The fraction of sp³-hybridized carbons (Fsp3) is 0.643. The quantitative estimate of drug-likeness (QED) is 0.896. The second-order valence-corrected chi connectivity index (χ2v) is 5.43. The van der Waals surface area contributed by atoms with Gasteiger partial charge in [0, 0.05) is 18.6 Å². The van der Waals surface area contributed by atoms with Crippen molar-refractivity contribution in [2.45, 2.75) is 52.1 Å². The van der Waals surface area contributed by atoms with Gasteiger partial charge in [0.2, 0.25) is 5.95 Å². The Hall–Kier alpha value is -1.85. The maximum absolute atomic E-state index is 4.74. The van der Waals surface area contributed by atoms with Crippen LogP contribution < -0.4 is 10.2 Å². The Labute approximate surface area is 119 Å². The van der Waals surface area contributed by atoms with Crippen molar-refractivity contribution in [2.75, 3.05) is 16.8 Å². The second-order valence-electron chi connectivity index (χ2n) is 5.43. The number of H-pyrrole nitrogens is 1. The van der Waals surface area contributed by atoms with Crippen molar-refractivity contribution in [1.82, 2.24) is 20.2 Å². The van der Waals surface area contributed by atoms with Crippen molar-refractivity contribution in [3.63, 3.8) is 0 Å². The van der Waals surface area contributed by atoms with Crippen molar-refractivity contribution in [2.24, 2.45) is 0 Å². The molecule has 1 aliphatic heterocycles. The van der Waals surface area contributed by atoms with Gasteiger partial charge in [-0.05, 0) is 33.1 Å². The fourth-order valence-electron chi connectivity index (χ4n) is 3.11. The number of anilines is 2. The molecule has 2 N–H and O–H groups in total. The highest BCUT2D eigenvalue weighted by molar-refractivity contribution is 5.88. The van der Waals surface area contributed by atoms with E-state index >= 15 is 0 Å². The Kier molecular flexibility index (Phi) is 3.46. The van der Waals surface area contributed by atoms with E-state index in [2.05, 4.69) is 39.2 Å². The summed E-state index contributed by atoms with van der Waals surface area (Å²) in [4.78, 5) is 11.6. The van der Waals surface area contributed by atoms with Crippen LogP contribution in [0.4, 0.5) is 11.8 Å². The number of aromatic amines is 1. The van der Waals surface area contributed by atoms with E-state index in [1.54, 1.807) is 0 Å². The van der Waals surface area contributed by atoms with Crippen molar-refractivity contribution < 1.29 is 0 Å². The first-order chi connectivity index (χ1) is 9.74. The average Bonchev–Trinajstić information content (AvgIpc) is 3.04. The van der Waals surface area contributed by atoms with E-state index in [1.165, 1.54) is 12.8 Å². The molecule has 0 amide bonds. The third-order valence-corrected chi connectivity index (χ3v) is 4.13. The summed E-state index contributed by atoms with van der Waals surface area (Å²) < 4.78 is 0. The van der Waals surface area contributed by atoms with Crippen LogP contribution in [0.5, 0.6) is 0 Å². The largest absolute Gasteiger partial charge is 0.354 e. The van der Waals surface area contributed by atoms with E-state index in [1.807, 2.05) is 13.1 Å². The van der Waals surface area contributed by atoms with Crippen molar-refractivity contribution >= 4 is 22.8 Å². The molecule has 6 heteroatoms. The first-order valence-electron chi connectivity index (χ1n) is 7.47. The van der Waals surface area contributed by atoms with Crippen LogP contribution in [0.15, 0.2) is 6.20 Å². The van der Waals surface area contributed by atoms with Gasteiger partial charge < -0.3 is 10.2 Å². The zero-order valence-corrected chi connectivity index (χ0v) is 12.3. The third kappa shape index (κ3) is 2.09. The number of hydrogen-bond acceptors (Lipinski definition) is 5. The summed E-state index contributed by atoms with van der Waals surface area (Å²) in [6.45, 7) is 7.38. The lowest BCUT2D eigenvalue weighted by Gasteiger charge is -2.29. The molecule has 2 aromatic heterocycles. The Morgan fingerprint density at radius 3 is 2.95 bits per heavy atom. The van der Waals surface area contributed by atoms with Crippen molar-refractivity contribution in [3.8, 4) is 0 Å². The first-order valence-corrected chi connectivity index (χ1v) is 7.47. The molecule has 0 saturated carbocycles. The van der Waals surface area contributed by atoms with Gasteiger partial charge in [-0.15, -0.1) is 0 Å². The molecule has 2 unspecified atom stereocenters. The molecule has 0 aromatic carbocycles. The fourth-order valence-corrected chi connectivity index (χ4v) is 3.11. The lowest BCUT2D eigenvalue weighted by Crippen LogP contribution is -2.35. The Morgan fingerprint density at radius 2 is 2.20 bits per heavy atom. The molecule has 2 aromatic rings. The number of nitrogens with one attached hydrogen (secondary N) is 2. The highest BCUT2D eigenvalue weighted by Crippen LogP contribution is 2.34. The normalized spacial score (nSPS) is 22.6. The maximum atomic E-state index is 4.74. The van der Waals surface area contributed by atoms with E-state index in [0.717, 1.165) is 29.8 Å². The first kappa shape index (κ1) is 13.1. The van der Waals surface area contributed by atoms with Gasteiger partial charge in [0.05, 0.1) is 11.6 Å². The molecule has 3 rings (SSSR count). The molecular formula is C14H22N6. The molecule has 0 radical (unpaired) electrons. The van der Waals surface area contributed by atoms with Gasteiger partial charge in [-0.25, -0.2) is 0 Å². The lowest BCUT2D eigenvalue weighted by molar-refractivity contribution is 0.623. The summed E-state index contributed by atoms with van der Waals surface area (Å²) in [5.41, 5.74) is 0.805. The van der Waals surface area contributed by atoms with Gasteiger partial charge in [-0.1, -0.05) is 6.92 Å².